The molecule has 2 aliphatic carbocycles. The Hall–Kier alpha value is -0.830. The molecule has 21 heavy (non-hydrogen) atoms. The van der Waals surface area contributed by atoms with Crippen LogP contribution < -0.4 is 0 Å². The summed E-state index contributed by atoms with van der Waals surface area (Å²) in [5.41, 5.74) is 0.141. The van der Waals surface area contributed by atoms with E-state index in [9.17, 15) is 4.79 Å². The lowest BCUT2D eigenvalue weighted by Crippen LogP contribution is -2.60. The lowest BCUT2D eigenvalue weighted by molar-refractivity contribution is -0.164. The van der Waals surface area contributed by atoms with Crippen molar-refractivity contribution < 1.29 is 9.53 Å². The van der Waals surface area contributed by atoms with Crippen molar-refractivity contribution in [3.63, 3.8) is 0 Å². The predicted octanol–water partition coefficient (Wildman–Crippen LogP) is 3.39. The number of fused-ring (bicyclic) bond motifs is 2. The standard InChI is InChI=1S/C18H29NO2/c1-17(2)10-14(11-18(3,4)19(17)5)21-16(20)15-9-12-6-7-13(15)8-12/h6-7,12-15H,8-11H2,1-5H3. The van der Waals surface area contributed by atoms with Crippen molar-refractivity contribution in [1.29, 1.82) is 0 Å². The zero-order chi connectivity index (χ0) is 15.4. The third-order valence-corrected chi connectivity index (χ3v) is 6.13. The van der Waals surface area contributed by atoms with Crippen LogP contribution in [0.2, 0.25) is 0 Å². The number of nitrogens with zero attached hydrogens (tertiary/aromatic N) is 1. The maximum Gasteiger partial charge on any atom is 0.309 e. The van der Waals surface area contributed by atoms with Gasteiger partial charge in [0, 0.05) is 23.9 Å². The molecule has 3 nitrogen and oxygen atoms in total. The number of hydrogen-bond acceptors (Lipinski definition) is 3. The molecule has 0 N–H and O–H groups in total. The van der Waals surface area contributed by atoms with Crippen LogP contribution in [0.3, 0.4) is 0 Å². The highest BCUT2D eigenvalue weighted by Gasteiger charge is 2.46. The van der Waals surface area contributed by atoms with Crippen LogP contribution in [0, 0.1) is 17.8 Å². The molecular weight excluding hydrogens is 262 g/mol. The number of carbonyl (C=O) groups excluding carboxylic acids is 1. The van der Waals surface area contributed by atoms with Crippen molar-refractivity contribution in [2.75, 3.05) is 7.05 Å². The fourth-order valence-corrected chi connectivity index (χ4v) is 4.67. The summed E-state index contributed by atoms with van der Waals surface area (Å²) >= 11 is 0. The third-order valence-electron chi connectivity index (χ3n) is 6.13. The average molecular weight is 291 g/mol. The van der Waals surface area contributed by atoms with Crippen molar-refractivity contribution >= 4 is 5.97 Å². The molecule has 3 unspecified atom stereocenters. The molecule has 0 aromatic carbocycles. The average Bonchev–Trinajstić information content (AvgIpc) is 2.97. The summed E-state index contributed by atoms with van der Waals surface area (Å²) in [5, 5.41) is 0. The highest BCUT2D eigenvalue weighted by Crippen LogP contribution is 2.45. The second-order valence-corrected chi connectivity index (χ2v) is 8.54. The zero-order valence-electron chi connectivity index (χ0n) is 14.1. The van der Waals surface area contributed by atoms with Crippen LogP contribution in [-0.2, 0) is 9.53 Å². The molecule has 1 saturated carbocycles. The van der Waals surface area contributed by atoms with Gasteiger partial charge >= 0.3 is 5.97 Å². The van der Waals surface area contributed by atoms with Gasteiger partial charge in [-0.15, -0.1) is 0 Å². The second kappa shape index (κ2) is 4.84. The Morgan fingerprint density at radius 2 is 1.71 bits per heavy atom. The smallest absolute Gasteiger partial charge is 0.309 e. The minimum absolute atomic E-state index is 0.0491. The maximum absolute atomic E-state index is 12.5. The highest BCUT2D eigenvalue weighted by atomic mass is 16.5. The third kappa shape index (κ3) is 2.65. The molecule has 3 rings (SSSR count). The van der Waals surface area contributed by atoms with Crippen LogP contribution in [0.1, 0.15) is 53.4 Å². The Labute approximate surface area is 128 Å². The number of piperidine rings is 1. The molecule has 1 aliphatic heterocycles. The summed E-state index contributed by atoms with van der Waals surface area (Å²) in [5.74, 6) is 1.23. The van der Waals surface area contributed by atoms with Crippen molar-refractivity contribution in [2.45, 2.75) is 70.6 Å². The lowest BCUT2D eigenvalue weighted by atomic mass is 9.78. The summed E-state index contributed by atoms with van der Waals surface area (Å²) in [6.07, 6.45) is 8.56. The summed E-state index contributed by atoms with van der Waals surface area (Å²) in [4.78, 5) is 15.0. The Balaban J connectivity index is 1.65. The van der Waals surface area contributed by atoms with Crippen LogP contribution in [0.5, 0.6) is 0 Å². The van der Waals surface area contributed by atoms with Crippen molar-refractivity contribution in [1.82, 2.24) is 4.90 Å². The van der Waals surface area contributed by atoms with E-state index in [2.05, 4.69) is 51.8 Å². The molecule has 0 aromatic rings. The molecule has 2 fully saturated rings. The Bertz CT molecular complexity index is 448. The molecule has 1 saturated heterocycles. The largest absolute Gasteiger partial charge is 0.462 e. The van der Waals surface area contributed by atoms with Crippen LogP contribution in [0.4, 0.5) is 0 Å². The van der Waals surface area contributed by atoms with E-state index in [1.54, 1.807) is 0 Å². The summed E-state index contributed by atoms with van der Waals surface area (Å²) < 4.78 is 5.95. The number of allylic oxidation sites excluding steroid dienone is 2. The number of ether oxygens (including phenoxy) is 1. The minimum atomic E-state index is 0.0491. The summed E-state index contributed by atoms with van der Waals surface area (Å²) in [6, 6.07) is 0. The second-order valence-electron chi connectivity index (χ2n) is 8.54. The molecule has 0 radical (unpaired) electrons. The molecule has 3 atom stereocenters. The zero-order valence-corrected chi connectivity index (χ0v) is 14.1. The van der Waals surface area contributed by atoms with Gasteiger partial charge in [0.1, 0.15) is 6.10 Å². The van der Waals surface area contributed by atoms with Gasteiger partial charge in [0.05, 0.1) is 5.92 Å². The van der Waals surface area contributed by atoms with Crippen LogP contribution in [0.15, 0.2) is 12.2 Å². The van der Waals surface area contributed by atoms with Gasteiger partial charge in [0.2, 0.25) is 0 Å². The number of rotatable bonds is 2. The molecule has 3 aliphatic rings. The number of hydrogen-bond donors (Lipinski definition) is 0. The normalized spacial score (nSPS) is 37.9. The van der Waals surface area contributed by atoms with Crippen molar-refractivity contribution in [3.05, 3.63) is 12.2 Å². The first-order valence-electron chi connectivity index (χ1n) is 8.32. The SMILES string of the molecule is CN1C(C)(C)CC(OC(=O)C2CC3C=CC2C3)CC1(C)C. The fourth-order valence-electron chi connectivity index (χ4n) is 4.67. The molecule has 2 bridgehead atoms. The molecule has 3 heteroatoms. The van der Waals surface area contributed by atoms with Crippen molar-refractivity contribution in [2.24, 2.45) is 17.8 Å². The van der Waals surface area contributed by atoms with E-state index in [-0.39, 0.29) is 29.1 Å². The van der Waals surface area contributed by atoms with Crippen LogP contribution in [0.25, 0.3) is 0 Å². The molecule has 1 heterocycles. The number of esters is 1. The van der Waals surface area contributed by atoms with Crippen LogP contribution >= 0.6 is 0 Å². The van der Waals surface area contributed by atoms with E-state index < -0.39 is 0 Å². The summed E-state index contributed by atoms with van der Waals surface area (Å²) in [6.45, 7) is 8.98. The monoisotopic (exact) mass is 291 g/mol. The lowest BCUT2D eigenvalue weighted by Gasteiger charge is -2.53. The molecule has 0 amide bonds. The fraction of sp³-hybridized carbons (Fsp3) is 0.833. The van der Waals surface area contributed by atoms with E-state index in [0.717, 1.165) is 25.7 Å². The molecule has 0 spiro atoms. The molecule has 0 aromatic heterocycles. The Morgan fingerprint density at radius 1 is 1.10 bits per heavy atom. The first-order valence-corrected chi connectivity index (χ1v) is 8.32. The van der Waals surface area contributed by atoms with E-state index in [1.807, 2.05) is 0 Å². The summed E-state index contributed by atoms with van der Waals surface area (Å²) in [7, 11) is 2.18. The quantitative estimate of drug-likeness (QED) is 0.577. The van der Waals surface area contributed by atoms with Crippen molar-refractivity contribution in [3.8, 4) is 0 Å². The molecule has 118 valence electrons. The van der Waals surface area contributed by atoms with Gasteiger partial charge < -0.3 is 4.74 Å². The van der Waals surface area contributed by atoms with E-state index >= 15 is 0 Å². The van der Waals surface area contributed by atoms with E-state index in [1.165, 1.54) is 0 Å². The van der Waals surface area contributed by atoms with Gasteiger partial charge in [-0.1, -0.05) is 12.2 Å². The minimum Gasteiger partial charge on any atom is -0.462 e. The maximum atomic E-state index is 12.5. The molecular formula is C18H29NO2. The topological polar surface area (TPSA) is 29.5 Å². The van der Waals surface area contributed by atoms with E-state index in [4.69, 9.17) is 4.74 Å². The van der Waals surface area contributed by atoms with Gasteiger partial charge in [0.15, 0.2) is 0 Å². The van der Waals surface area contributed by atoms with Crippen LogP contribution in [-0.4, -0.2) is 35.1 Å². The Morgan fingerprint density at radius 3 is 2.19 bits per heavy atom. The van der Waals surface area contributed by atoms with E-state index in [0.29, 0.717) is 11.8 Å². The van der Waals surface area contributed by atoms with Gasteiger partial charge in [-0.2, -0.15) is 0 Å². The predicted molar refractivity (Wildman–Crippen MR) is 83.9 cm³/mol. The van der Waals surface area contributed by atoms with Gasteiger partial charge in [-0.05, 0) is 59.4 Å². The van der Waals surface area contributed by atoms with Gasteiger partial charge in [0.25, 0.3) is 0 Å². The van der Waals surface area contributed by atoms with Gasteiger partial charge in [-0.25, -0.2) is 0 Å². The van der Waals surface area contributed by atoms with Gasteiger partial charge in [-0.3, -0.25) is 9.69 Å². The first kappa shape index (κ1) is 15.1. The number of likely N-dealkylation sites (tertiary alicyclic amines) is 1. The number of carbonyl (C=O) groups is 1. The first-order chi connectivity index (χ1) is 9.69. The Kier molecular flexibility index (Phi) is 3.47. The highest BCUT2D eigenvalue weighted by molar-refractivity contribution is 5.74.